The zero-order valence-corrected chi connectivity index (χ0v) is 18.1. The van der Waals surface area contributed by atoms with Crippen LogP contribution >= 0.6 is 0 Å². The second-order valence-corrected chi connectivity index (χ2v) is 7.88. The zero-order chi connectivity index (χ0) is 22.2. The van der Waals surface area contributed by atoms with Gasteiger partial charge in [-0.1, -0.05) is 97.0 Å². The van der Waals surface area contributed by atoms with Crippen LogP contribution in [0.5, 0.6) is 0 Å². The van der Waals surface area contributed by atoms with Gasteiger partial charge >= 0.3 is 0 Å². The molecule has 0 saturated heterocycles. The van der Waals surface area contributed by atoms with Crippen molar-refractivity contribution in [3.05, 3.63) is 142 Å². The Morgan fingerprint density at radius 2 is 1.09 bits per heavy atom. The van der Waals surface area contributed by atoms with Crippen LogP contribution in [0.15, 0.2) is 114 Å². The van der Waals surface area contributed by atoms with E-state index in [1.54, 1.807) is 0 Å². The Labute approximate surface area is 189 Å². The Balaban J connectivity index is 1.47. The fourth-order valence-corrected chi connectivity index (χ4v) is 3.96. The van der Waals surface area contributed by atoms with Crippen LogP contribution in [0, 0.1) is 0 Å². The van der Waals surface area contributed by atoms with Crippen LogP contribution in [0.4, 0.5) is 11.4 Å². The lowest BCUT2D eigenvalue weighted by Crippen LogP contribution is -2.04. The van der Waals surface area contributed by atoms with Gasteiger partial charge in [0.15, 0.2) is 0 Å². The summed E-state index contributed by atoms with van der Waals surface area (Å²) in [6, 6.07) is 37.7. The van der Waals surface area contributed by atoms with Crippen molar-refractivity contribution in [3.8, 4) is 0 Å². The van der Waals surface area contributed by atoms with Gasteiger partial charge in [-0.3, -0.25) is 0 Å². The first-order chi connectivity index (χ1) is 15.7. The Kier molecular flexibility index (Phi) is 6.86. The van der Waals surface area contributed by atoms with Crippen LogP contribution in [-0.2, 0) is 0 Å². The van der Waals surface area contributed by atoms with E-state index in [1.807, 2.05) is 24.3 Å². The minimum absolute atomic E-state index is 0.0416. The molecule has 32 heavy (non-hydrogen) atoms. The van der Waals surface area contributed by atoms with Crippen molar-refractivity contribution >= 4 is 11.4 Å². The van der Waals surface area contributed by atoms with E-state index in [-0.39, 0.29) is 5.92 Å². The van der Waals surface area contributed by atoms with Gasteiger partial charge in [-0.05, 0) is 52.1 Å². The van der Waals surface area contributed by atoms with E-state index in [0.29, 0.717) is 12.5 Å². The van der Waals surface area contributed by atoms with E-state index in [9.17, 15) is 0 Å². The maximum Gasteiger partial charge on any atom is 0.0384 e. The SMILES string of the molecule is CC(c1ccccc1)c1ccc(Nc2ccc(C(CN=[N+]=[N-])c3ccccc3)cc2)cc1. The molecule has 0 amide bonds. The molecule has 0 radical (unpaired) electrons. The molecule has 0 saturated carbocycles. The minimum atomic E-state index is 0.0416. The normalized spacial score (nSPS) is 12.4. The highest BCUT2D eigenvalue weighted by Gasteiger charge is 2.13. The summed E-state index contributed by atoms with van der Waals surface area (Å²) in [5.41, 5.74) is 15.7. The molecule has 4 rings (SSSR count). The number of azide groups is 1. The third-order valence-corrected chi connectivity index (χ3v) is 5.84. The van der Waals surface area contributed by atoms with E-state index < -0.39 is 0 Å². The molecule has 4 nitrogen and oxygen atoms in total. The van der Waals surface area contributed by atoms with Crippen molar-refractivity contribution in [1.29, 1.82) is 0 Å². The molecule has 0 fully saturated rings. The molecular weight excluding hydrogens is 392 g/mol. The molecule has 158 valence electrons. The Hall–Kier alpha value is -4.01. The molecule has 0 aliphatic heterocycles. The number of nitrogens with zero attached hydrogens (tertiary/aromatic N) is 3. The molecule has 2 atom stereocenters. The maximum atomic E-state index is 8.78. The van der Waals surface area contributed by atoms with Gasteiger partial charge in [0.1, 0.15) is 0 Å². The van der Waals surface area contributed by atoms with Crippen molar-refractivity contribution in [2.45, 2.75) is 18.8 Å². The van der Waals surface area contributed by atoms with Crippen molar-refractivity contribution in [3.63, 3.8) is 0 Å². The Morgan fingerprint density at radius 1 is 0.656 bits per heavy atom. The fourth-order valence-electron chi connectivity index (χ4n) is 3.96. The first kappa shape index (κ1) is 21.2. The molecule has 0 bridgehead atoms. The van der Waals surface area contributed by atoms with Gasteiger partial charge in [0.25, 0.3) is 0 Å². The summed E-state index contributed by atoms with van der Waals surface area (Å²) < 4.78 is 0. The highest BCUT2D eigenvalue weighted by Crippen LogP contribution is 2.28. The van der Waals surface area contributed by atoms with Gasteiger partial charge in [-0.25, -0.2) is 0 Å². The second kappa shape index (κ2) is 10.3. The van der Waals surface area contributed by atoms with Crippen LogP contribution in [0.1, 0.15) is 41.0 Å². The summed E-state index contributed by atoms with van der Waals surface area (Å²) in [5, 5.41) is 7.30. The molecule has 2 unspecified atom stereocenters. The average Bonchev–Trinajstić information content (AvgIpc) is 2.86. The van der Waals surface area contributed by atoms with Gasteiger partial charge in [0.2, 0.25) is 0 Å². The molecule has 1 N–H and O–H groups in total. The first-order valence-corrected chi connectivity index (χ1v) is 10.8. The predicted octanol–water partition coefficient (Wildman–Crippen LogP) is 8.02. The molecule has 0 spiro atoms. The Bertz CT molecular complexity index is 1160. The smallest absolute Gasteiger partial charge is 0.0384 e. The Morgan fingerprint density at radius 3 is 1.62 bits per heavy atom. The van der Waals surface area contributed by atoms with Gasteiger partial charge in [-0.2, -0.15) is 0 Å². The molecule has 0 heterocycles. The standard InChI is InChI=1S/C28H26N4/c1-21(22-8-4-2-5-9-22)23-12-16-26(17-13-23)31-27-18-14-25(15-19-27)28(20-30-32-29)24-10-6-3-7-11-24/h2-19,21,28,31H,20H2,1H3. The van der Waals surface area contributed by atoms with E-state index in [2.05, 4.69) is 107 Å². The summed E-state index contributed by atoms with van der Waals surface area (Å²) in [6.45, 7) is 2.63. The lowest BCUT2D eigenvalue weighted by atomic mass is 9.91. The maximum absolute atomic E-state index is 8.78. The third kappa shape index (κ3) is 5.18. The van der Waals surface area contributed by atoms with E-state index in [4.69, 9.17) is 5.53 Å². The van der Waals surface area contributed by atoms with Gasteiger partial charge in [-0.15, -0.1) is 0 Å². The topological polar surface area (TPSA) is 60.8 Å². The lowest BCUT2D eigenvalue weighted by molar-refractivity contribution is 0.813. The van der Waals surface area contributed by atoms with E-state index in [0.717, 1.165) is 22.5 Å². The first-order valence-electron chi connectivity index (χ1n) is 10.8. The molecule has 4 aromatic rings. The van der Waals surface area contributed by atoms with Crippen molar-refractivity contribution in [2.75, 3.05) is 11.9 Å². The highest BCUT2D eigenvalue weighted by molar-refractivity contribution is 5.60. The largest absolute Gasteiger partial charge is 0.356 e. The highest BCUT2D eigenvalue weighted by atomic mass is 15.1. The van der Waals surface area contributed by atoms with E-state index in [1.165, 1.54) is 11.1 Å². The summed E-state index contributed by atoms with van der Waals surface area (Å²) in [4.78, 5) is 2.95. The summed E-state index contributed by atoms with van der Waals surface area (Å²) in [6.07, 6.45) is 0. The van der Waals surface area contributed by atoms with Crippen molar-refractivity contribution < 1.29 is 0 Å². The molecular formula is C28H26N4. The molecule has 4 heteroatoms. The third-order valence-electron chi connectivity index (χ3n) is 5.84. The zero-order valence-electron chi connectivity index (χ0n) is 18.1. The number of rotatable bonds is 8. The predicted molar refractivity (Wildman–Crippen MR) is 132 cm³/mol. The summed E-state index contributed by atoms with van der Waals surface area (Å²) >= 11 is 0. The molecule has 0 aromatic heterocycles. The van der Waals surface area contributed by atoms with Crippen molar-refractivity contribution in [1.82, 2.24) is 0 Å². The van der Waals surface area contributed by atoms with Gasteiger partial charge in [0.05, 0.1) is 0 Å². The van der Waals surface area contributed by atoms with Crippen LogP contribution in [0.25, 0.3) is 10.4 Å². The monoisotopic (exact) mass is 418 g/mol. The fraction of sp³-hybridized carbons (Fsp3) is 0.143. The summed E-state index contributed by atoms with van der Waals surface area (Å²) in [5.74, 6) is 0.399. The average molecular weight is 419 g/mol. The molecule has 0 aliphatic rings. The van der Waals surface area contributed by atoms with Crippen molar-refractivity contribution in [2.24, 2.45) is 5.11 Å². The van der Waals surface area contributed by atoms with Crippen LogP contribution < -0.4 is 5.32 Å². The number of hydrogen-bond acceptors (Lipinski definition) is 2. The lowest BCUT2D eigenvalue weighted by Gasteiger charge is -2.17. The van der Waals surface area contributed by atoms with Crippen LogP contribution in [-0.4, -0.2) is 6.54 Å². The van der Waals surface area contributed by atoms with Crippen LogP contribution in [0.2, 0.25) is 0 Å². The molecule has 4 aromatic carbocycles. The number of hydrogen-bond donors (Lipinski definition) is 1. The second-order valence-electron chi connectivity index (χ2n) is 7.88. The molecule has 0 aliphatic carbocycles. The minimum Gasteiger partial charge on any atom is -0.356 e. The van der Waals surface area contributed by atoms with Gasteiger partial charge in [0, 0.05) is 34.7 Å². The number of anilines is 2. The summed E-state index contributed by atoms with van der Waals surface area (Å²) in [7, 11) is 0. The van der Waals surface area contributed by atoms with E-state index >= 15 is 0 Å². The van der Waals surface area contributed by atoms with Crippen LogP contribution in [0.3, 0.4) is 0 Å². The quantitative estimate of drug-likeness (QED) is 0.176. The number of nitrogens with one attached hydrogen (secondary N) is 1. The number of benzene rings is 4. The van der Waals surface area contributed by atoms with Gasteiger partial charge < -0.3 is 5.32 Å².